The van der Waals surface area contributed by atoms with Crippen molar-refractivity contribution in [2.75, 3.05) is 6.61 Å². The van der Waals surface area contributed by atoms with Gasteiger partial charge in [-0.05, 0) is 13.3 Å². The number of esters is 1. The summed E-state index contributed by atoms with van der Waals surface area (Å²) < 4.78 is 6.14. The Morgan fingerprint density at radius 3 is 2.71 bits per heavy atom. The van der Waals surface area contributed by atoms with Gasteiger partial charge in [-0.25, -0.2) is 14.3 Å². The molecule has 0 aliphatic carbocycles. The maximum absolute atomic E-state index is 12.0. The topological polar surface area (TPSA) is 106 Å². The molecule has 0 unspecified atom stereocenters. The van der Waals surface area contributed by atoms with Crippen molar-refractivity contribution in [3.05, 3.63) is 27.7 Å². The van der Waals surface area contributed by atoms with Crippen molar-refractivity contribution in [2.24, 2.45) is 0 Å². The van der Waals surface area contributed by atoms with Crippen LogP contribution in [0.5, 0.6) is 0 Å². The van der Waals surface area contributed by atoms with Crippen LogP contribution >= 0.6 is 0 Å². The highest BCUT2D eigenvalue weighted by atomic mass is 16.5. The summed E-state index contributed by atoms with van der Waals surface area (Å²) in [6, 6.07) is 0. The van der Waals surface area contributed by atoms with E-state index in [1.807, 2.05) is 6.92 Å². The zero-order valence-corrected chi connectivity index (χ0v) is 12.1. The lowest BCUT2D eigenvalue weighted by Gasteiger charge is -2.01. The van der Waals surface area contributed by atoms with Crippen molar-refractivity contribution in [3.63, 3.8) is 0 Å². The van der Waals surface area contributed by atoms with Gasteiger partial charge in [-0.1, -0.05) is 13.3 Å². The van der Waals surface area contributed by atoms with Gasteiger partial charge in [0.2, 0.25) is 0 Å². The number of carbonyl (C=O) groups is 2. The maximum Gasteiger partial charge on any atom is 0.359 e. The zero-order valence-electron chi connectivity index (χ0n) is 12.1. The van der Waals surface area contributed by atoms with Gasteiger partial charge in [0.05, 0.1) is 6.61 Å². The van der Waals surface area contributed by atoms with Crippen LogP contribution in [0.4, 0.5) is 0 Å². The molecule has 1 N–H and O–H groups in total. The fraction of sp³-hybridized carbons (Fsp3) is 0.462. The quantitative estimate of drug-likeness (QED) is 0.498. The molecule has 0 bridgehead atoms. The third kappa shape index (κ3) is 2.83. The molecule has 0 aliphatic rings. The van der Waals surface area contributed by atoms with Gasteiger partial charge in [0, 0.05) is 6.92 Å². The predicted molar refractivity (Wildman–Crippen MR) is 73.5 cm³/mol. The summed E-state index contributed by atoms with van der Waals surface area (Å²) in [4.78, 5) is 42.0. The second-order valence-corrected chi connectivity index (χ2v) is 4.63. The number of ketones is 1. The number of carbonyl (C=O) groups excluding carboxylic acids is 2. The number of fused-ring (bicyclic) bond motifs is 1. The number of nitrogens with zero attached hydrogens (tertiary/aromatic N) is 3. The largest absolute Gasteiger partial charge is 0.461 e. The lowest BCUT2D eigenvalue weighted by Crippen LogP contribution is -2.18. The number of hydrogen-bond donors (Lipinski definition) is 1. The molecule has 0 fully saturated rings. The Bertz CT molecular complexity index is 759. The fourth-order valence-electron chi connectivity index (χ4n) is 1.86. The number of ether oxygens (including phenoxy) is 1. The van der Waals surface area contributed by atoms with Crippen LogP contribution in [0, 0.1) is 6.92 Å². The molecule has 2 aromatic rings. The molecule has 0 saturated carbocycles. The average Bonchev–Trinajstić information content (AvgIpc) is 2.78. The highest BCUT2D eigenvalue weighted by molar-refractivity contribution is 5.99. The van der Waals surface area contributed by atoms with Crippen LogP contribution in [0.25, 0.3) is 5.52 Å². The van der Waals surface area contributed by atoms with E-state index in [1.165, 1.54) is 6.92 Å². The molecule has 0 aromatic carbocycles. The molecule has 0 aliphatic heterocycles. The minimum absolute atomic E-state index is 0.0679. The lowest BCUT2D eigenvalue weighted by molar-refractivity contribution is 0.0495. The number of imidazole rings is 1. The Balaban J connectivity index is 2.56. The molecular weight excluding hydrogens is 276 g/mol. The predicted octanol–water partition coefficient (Wildman–Crippen LogP) is 0.886. The number of rotatable bonds is 5. The number of Topliss-reactive ketones (excluding diaryl/α,β-unsaturated/α-hetero) is 1. The van der Waals surface area contributed by atoms with Gasteiger partial charge in [-0.3, -0.25) is 9.59 Å². The van der Waals surface area contributed by atoms with Gasteiger partial charge in [0.25, 0.3) is 5.56 Å². The highest BCUT2D eigenvalue weighted by Gasteiger charge is 2.24. The van der Waals surface area contributed by atoms with E-state index >= 15 is 0 Å². The van der Waals surface area contributed by atoms with Gasteiger partial charge in [0.15, 0.2) is 22.8 Å². The third-order valence-corrected chi connectivity index (χ3v) is 2.85. The Labute approximate surface area is 120 Å². The molecule has 21 heavy (non-hydrogen) atoms. The van der Waals surface area contributed by atoms with Crippen molar-refractivity contribution in [1.29, 1.82) is 0 Å². The number of aromatic amines is 1. The second-order valence-electron chi connectivity index (χ2n) is 4.63. The van der Waals surface area contributed by atoms with Gasteiger partial charge in [0.1, 0.15) is 5.82 Å². The van der Waals surface area contributed by atoms with E-state index in [0.717, 1.165) is 10.9 Å². The maximum atomic E-state index is 12.0. The van der Waals surface area contributed by atoms with Crippen molar-refractivity contribution >= 4 is 17.3 Å². The summed E-state index contributed by atoms with van der Waals surface area (Å²) in [5, 5.41) is 4.03. The first-order valence-corrected chi connectivity index (χ1v) is 6.63. The summed E-state index contributed by atoms with van der Waals surface area (Å²) >= 11 is 0. The number of H-pyrrole nitrogens is 1. The Hall–Kier alpha value is -2.51. The first-order chi connectivity index (χ1) is 9.95. The average molecular weight is 292 g/mol. The minimum atomic E-state index is -0.732. The van der Waals surface area contributed by atoms with Gasteiger partial charge in [-0.2, -0.15) is 5.10 Å². The molecule has 0 radical (unpaired) electrons. The Kier molecular flexibility index (Phi) is 4.15. The van der Waals surface area contributed by atoms with Crippen LogP contribution in [-0.4, -0.2) is 37.9 Å². The summed E-state index contributed by atoms with van der Waals surface area (Å²) in [7, 11) is 0. The second kappa shape index (κ2) is 5.86. The molecule has 112 valence electrons. The molecule has 2 rings (SSSR count). The first-order valence-electron chi connectivity index (χ1n) is 6.63. The first kappa shape index (κ1) is 14.9. The van der Waals surface area contributed by atoms with Crippen LogP contribution in [0.15, 0.2) is 4.79 Å². The van der Waals surface area contributed by atoms with E-state index in [0.29, 0.717) is 12.2 Å². The minimum Gasteiger partial charge on any atom is -0.461 e. The normalized spacial score (nSPS) is 10.8. The number of unbranched alkanes of at least 4 members (excludes halogenated alkanes) is 1. The van der Waals surface area contributed by atoms with Crippen LogP contribution in [-0.2, 0) is 4.74 Å². The van der Waals surface area contributed by atoms with Crippen LogP contribution in [0.2, 0.25) is 0 Å². The van der Waals surface area contributed by atoms with E-state index in [2.05, 4.69) is 15.1 Å². The smallest absolute Gasteiger partial charge is 0.359 e. The Morgan fingerprint density at radius 2 is 2.10 bits per heavy atom. The van der Waals surface area contributed by atoms with Gasteiger partial charge >= 0.3 is 5.97 Å². The number of aromatic nitrogens is 4. The van der Waals surface area contributed by atoms with Crippen molar-refractivity contribution in [2.45, 2.75) is 33.6 Å². The van der Waals surface area contributed by atoms with Crippen LogP contribution in [0.3, 0.4) is 0 Å². The fourth-order valence-corrected chi connectivity index (χ4v) is 1.86. The molecule has 0 spiro atoms. The summed E-state index contributed by atoms with van der Waals surface area (Å²) in [5.74, 6) is -0.875. The molecular formula is C13H16N4O4. The number of nitrogens with one attached hydrogen (secondary N) is 1. The summed E-state index contributed by atoms with van der Waals surface area (Å²) in [6.45, 7) is 5.06. The summed E-state index contributed by atoms with van der Waals surface area (Å²) in [5.41, 5.74) is -0.803. The molecule has 2 heterocycles. The number of hydrogen-bond acceptors (Lipinski definition) is 6. The standard InChI is InChI=1S/C13H16N4O4/c1-4-5-6-21-13(20)9-10-12(19)14-8(3)16-17(10)11(15-9)7(2)18/h4-6H2,1-3H3,(H,14,16,19). The van der Waals surface area contributed by atoms with E-state index < -0.39 is 17.3 Å². The molecule has 8 heteroatoms. The Morgan fingerprint density at radius 1 is 1.38 bits per heavy atom. The molecule has 0 atom stereocenters. The zero-order chi connectivity index (χ0) is 15.6. The monoisotopic (exact) mass is 292 g/mol. The van der Waals surface area contributed by atoms with Crippen molar-refractivity contribution < 1.29 is 14.3 Å². The highest BCUT2D eigenvalue weighted by Crippen LogP contribution is 2.10. The van der Waals surface area contributed by atoms with Gasteiger partial charge < -0.3 is 9.72 Å². The number of aryl methyl sites for hydroxylation is 1. The summed E-state index contributed by atoms with van der Waals surface area (Å²) in [6.07, 6.45) is 1.59. The van der Waals surface area contributed by atoms with Crippen LogP contribution in [0.1, 0.15) is 53.6 Å². The van der Waals surface area contributed by atoms with Crippen molar-refractivity contribution in [1.82, 2.24) is 19.6 Å². The van der Waals surface area contributed by atoms with E-state index in [-0.39, 0.29) is 23.6 Å². The molecule has 8 nitrogen and oxygen atoms in total. The SMILES string of the molecule is CCCCOC(=O)c1nc(C(C)=O)n2nc(C)[nH]c(=O)c12. The van der Waals surface area contributed by atoms with E-state index in [1.54, 1.807) is 6.92 Å². The van der Waals surface area contributed by atoms with Crippen LogP contribution < -0.4 is 5.56 Å². The van der Waals surface area contributed by atoms with E-state index in [9.17, 15) is 14.4 Å². The lowest BCUT2D eigenvalue weighted by atomic mass is 10.3. The molecule has 2 aromatic heterocycles. The third-order valence-electron chi connectivity index (χ3n) is 2.85. The molecule has 0 amide bonds. The van der Waals surface area contributed by atoms with Crippen molar-refractivity contribution in [3.8, 4) is 0 Å². The van der Waals surface area contributed by atoms with E-state index in [4.69, 9.17) is 4.74 Å². The van der Waals surface area contributed by atoms with Gasteiger partial charge in [-0.15, -0.1) is 0 Å². The molecule has 0 saturated heterocycles.